The van der Waals surface area contributed by atoms with E-state index < -0.39 is 11.8 Å². The highest BCUT2D eigenvalue weighted by Gasteiger charge is 2.33. The standard InChI is InChI=1S/C22H30N4O4.ClH/c1-16(27)23-22(30)19-7-5-18(6-8-19)13-21(29)26-12-11-25(17(2)28)15-20(26)14-24-9-3-4-10-24;/h5-8,20H,3-4,9-15H2,1-2H3,(H,23,27,30);1H. The molecule has 1 aromatic rings. The number of rotatable bonds is 5. The van der Waals surface area contributed by atoms with Crippen LogP contribution in [0.25, 0.3) is 0 Å². The summed E-state index contributed by atoms with van der Waals surface area (Å²) in [4.78, 5) is 53.9. The van der Waals surface area contributed by atoms with E-state index in [4.69, 9.17) is 0 Å². The van der Waals surface area contributed by atoms with Crippen molar-refractivity contribution >= 4 is 36.0 Å². The molecule has 2 aliphatic rings. The van der Waals surface area contributed by atoms with Crippen molar-refractivity contribution in [1.82, 2.24) is 20.0 Å². The number of likely N-dealkylation sites (tertiary alicyclic amines) is 1. The first-order valence-corrected chi connectivity index (χ1v) is 10.5. The highest BCUT2D eigenvalue weighted by molar-refractivity contribution is 6.04. The third-order valence-corrected chi connectivity index (χ3v) is 5.78. The normalized spacial score (nSPS) is 19.0. The van der Waals surface area contributed by atoms with Crippen molar-refractivity contribution in [3.63, 3.8) is 0 Å². The van der Waals surface area contributed by atoms with Crippen LogP contribution in [0.5, 0.6) is 0 Å². The Labute approximate surface area is 189 Å². The molecule has 2 saturated heterocycles. The van der Waals surface area contributed by atoms with E-state index in [0.29, 0.717) is 25.2 Å². The molecule has 0 aliphatic carbocycles. The summed E-state index contributed by atoms with van der Waals surface area (Å²) in [5.74, 6) is -0.782. The van der Waals surface area contributed by atoms with Crippen molar-refractivity contribution in [2.45, 2.75) is 39.2 Å². The molecule has 170 valence electrons. The lowest BCUT2D eigenvalue weighted by Gasteiger charge is -2.42. The fourth-order valence-corrected chi connectivity index (χ4v) is 4.17. The quantitative estimate of drug-likeness (QED) is 0.725. The Balaban J connectivity index is 0.00000341. The largest absolute Gasteiger partial charge is 0.339 e. The summed E-state index contributed by atoms with van der Waals surface area (Å²) in [6.07, 6.45) is 2.60. The number of hydrogen-bond donors (Lipinski definition) is 1. The lowest BCUT2D eigenvalue weighted by molar-refractivity contribution is -0.142. The van der Waals surface area contributed by atoms with Gasteiger partial charge in [-0.15, -0.1) is 12.4 Å². The highest BCUT2D eigenvalue weighted by Crippen LogP contribution is 2.17. The second-order valence-electron chi connectivity index (χ2n) is 8.10. The zero-order valence-electron chi connectivity index (χ0n) is 18.1. The SMILES string of the molecule is CC(=O)NC(=O)c1ccc(CC(=O)N2CCN(C(C)=O)CC2CN2CCCC2)cc1.Cl. The Morgan fingerprint density at radius 2 is 1.61 bits per heavy atom. The number of nitrogens with zero attached hydrogens (tertiary/aromatic N) is 3. The van der Waals surface area contributed by atoms with Crippen LogP contribution in [0.2, 0.25) is 0 Å². The average Bonchev–Trinajstić information content (AvgIpc) is 3.21. The van der Waals surface area contributed by atoms with E-state index in [-0.39, 0.29) is 36.7 Å². The fourth-order valence-electron chi connectivity index (χ4n) is 4.17. The molecule has 4 amide bonds. The molecule has 31 heavy (non-hydrogen) atoms. The Bertz CT molecular complexity index is 808. The Hall–Kier alpha value is -2.45. The molecule has 1 unspecified atom stereocenters. The molecule has 1 aromatic carbocycles. The van der Waals surface area contributed by atoms with Gasteiger partial charge in [-0.1, -0.05) is 12.1 Å². The molecule has 2 aliphatic heterocycles. The van der Waals surface area contributed by atoms with E-state index in [1.165, 1.54) is 19.8 Å². The van der Waals surface area contributed by atoms with Crippen LogP contribution in [-0.2, 0) is 20.8 Å². The smallest absolute Gasteiger partial charge is 0.257 e. The van der Waals surface area contributed by atoms with Crippen LogP contribution >= 0.6 is 12.4 Å². The molecule has 2 heterocycles. The van der Waals surface area contributed by atoms with E-state index in [0.717, 1.165) is 25.2 Å². The first-order chi connectivity index (χ1) is 14.3. The highest BCUT2D eigenvalue weighted by atomic mass is 35.5. The van der Waals surface area contributed by atoms with Crippen molar-refractivity contribution in [2.75, 3.05) is 39.3 Å². The van der Waals surface area contributed by atoms with Gasteiger partial charge < -0.3 is 14.7 Å². The second kappa shape index (κ2) is 11.2. The molecule has 0 aromatic heterocycles. The van der Waals surface area contributed by atoms with Crippen LogP contribution in [0.15, 0.2) is 24.3 Å². The van der Waals surface area contributed by atoms with E-state index in [1.807, 2.05) is 9.80 Å². The van der Waals surface area contributed by atoms with Gasteiger partial charge in [0.2, 0.25) is 17.7 Å². The summed E-state index contributed by atoms with van der Waals surface area (Å²) in [6, 6.07) is 6.73. The van der Waals surface area contributed by atoms with Gasteiger partial charge in [-0.25, -0.2) is 0 Å². The predicted octanol–water partition coefficient (Wildman–Crippen LogP) is 1.08. The fraction of sp³-hybridized carbons (Fsp3) is 0.545. The number of hydrogen-bond acceptors (Lipinski definition) is 5. The molecule has 1 atom stereocenters. The number of piperazine rings is 1. The van der Waals surface area contributed by atoms with Gasteiger partial charge in [-0.3, -0.25) is 24.5 Å². The predicted molar refractivity (Wildman–Crippen MR) is 119 cm³/mol. The van der Waals surface area contributed by atoms with Crippen LogP contribution in [0.4, 0.5) is 0 Å². The summed E-state index contributed by atoms with van der Waals surface area (Å²) in [7, 11) is 0. The van der Waals surface area contributed by atoms with Gasteiger partial charge in [0.25, 0.3) is 5.91 Å². The van der Waals surface area contributed by atoms with E-state index in [1.54, 1.807) is 31.2 Å². The monoisotopic (exact) mass is 450 g/mol. The number of halogens is 1. The number of carbonyl (C=O) groups is 4. The Kier molecular flexibility index (Phi) is 9.00. The minimum atomic E-state index is -0.452. The maximum Gasteiger partial charge on any atom is 0.257 e. The molecule has 9 heteroatoms. The van der Waals surface area contributed by atoms with E-state index >= 15 is 0 Å². The lowest BCUT2D eigenvalue weighted by atomic mass is 10.1. The number of nitrogens with one attached hydrogen (secondary N) is 1. The molecule has 0 spiro atoms. The van der Waals surface area contributed by atoms with Gasteiger partial charge in [0.15, 0.2) is 0 Å². The molecular formula is C22H31ClN4O4. The van der Waals surface area contributed by atoms with Gasteiger partial charge in [0.1, 0.15) is 0 Å². The number of imide groups is 1. The van der Waals surface area contributed by atoms with Gasteiger partial charge in [0.05, 0.1) is 12.5 Å². The van der Waals surface area contributed by atoms with Crippen molar-refractivity contribution in [1.29, 1.82) is 0 Å². The molecule has 0 saturated carbocycles. The Morgan fingerprint density at radius 3 is 2.19 bits per heavy atom. The average molecular weight is 451 g/mol. The van der Waals surface area contributed by atoms with E-state index in [9.17, 15) is 19.2 Å². The molecule has 0 radical (unpaired) electrons. The van der Waals surface area contributed by atoms with Gasteiger partial charge in [0, 0.05) is 45.6 Å². The number of amides is 4. The molecule has 3 rings (SSSR count). The lowest BCUT2D eigenvalue weighted by Crippen LogP contribution is -2.59. The van der Waals surface area contributed by atoms with E-state index in [2.05, 4.69) is 10.2 Å². The van der Waals surface area contributed by atoms with Gasteiger partial charge in [-0.2, -0.15) is 0 Å². The number of benzene rings is 1. The minimum absolute atomic E-state index is 0. The molecule has 0 bridgehead atoms. The summed E-state index contributed by atoms with van der Waals surface area (Å²) >= 11 is 0. The van der Waals surface area contributed by atoms with Crippen LogP contribution in [-0.4, -0.2) is 83.6 Å². The summed E-state index contributed by atoms with van der Waals surface area (Å²) in [5.41, 5.74) is 1.19. The van der Waals surface area contributed by atoms with Gasteiger partial charge >= 0.3 is 0 Å². The summed E-state index contributed by atoms with van der Waals surface area (Å²) in [5, 5.41) is 2.23. The zero-order valence-corrected chi connectivity index (χ0v) is 19.0. The van der Waals surface area contributed by atoms with Crippen LogP contribution in [0, 0.1) is 0 Å². The topological polar surface area (TPSA) is 90.0 Å². The van der Waals surface area contributed by atoms with Crippen molar-refractivity contribution < 1.29 is 19.2 Å². The zero-order chi connectivity index (χ0) is 21.7. The molecule has 1 N–H and O–H groups in total. The maximum absolute atomic E-state index is 13.1. The van der Waals surface area contributed by atoms with Crippen molar-refractivity contribution in [3.8, 4) is 0 Å². The third-order valence-electron chi connectivity index (χ3n) is 5.78. The minimum Gasteiger partial charge on any atom is -0.339 e. The first kappa shape index (κ1) is 24.8. The first-order valence-electron chi connectivity index (χ1n) is 10.5. The number of carbonyl (C=O) groups excluding carboxylic acids is 4. The third kappa shape index (κ3) is 6.77. The van der Waals surface area contributed by atoms with Crippen molar-refractivity contribution in [3.05, 3.63) is 35.4 Å². The van der Waals surface area contributed by atoms with Crippen LogP contribution < -0.4 is 5.32 Å². The van der Waals surface area contributed by atoms with Crippen LogP contribution in [0.1, 0.15) is 42.6 Å². The maximum atomic E-state index is 13.1. The molecular weight excluding hydrogens is 420 g/mol. The molecule has 2 fully saturated rings. The molecule has 8 nitrogen and oxygen atoms in total. The summed E-state index contributed by atoms with van der Waals surface area (Å²) < 4.78 is 0. The van der Waals surface area contributed by atoms with Gasteiger partial charge in [-0.05, 0) is 43.6 Å². The van der Waals surface area contributed by atoms with Crippen LogP contribution in [0.3, 0.4) is 0 Å². The summed E-state index contributed by atoms with van der Waals surface area (Å²) in [6.45, 7) is 7.41. The second-order valence-corrected chi connectivity index (χ2v) is 8.10. The van der Waals surface area contributed by atoms with Crippen molar-refractivity contribution in [2.24, 2.45) is 0 Å². The Morgan fingerprint density at radius 1 is 0.968 bits per heavy atom.